The summed E-state index contributed by atoms with van der Waals surface area (Å²) < 4.78 is 13.0. The van der Waals surface area contributed by atoms with Crippen LogP contribution >= 0.6 is 0 Å². The van der Waals surface area contributed by atoms with Crippen molar-refractivity contribution in [2.24, 2.45) is 29.4 Å². The van der Waals surface area contributed by atoms with E-state index in [1.54, 1.807) is 6.20 Å². The molecule has 0 radical (unpaired) electrons. The monoisotopic (exact) mass is 688 g/mol. The topological polar surface area (TPSA) is 133 Å². The summed E-state index contributed by atoms with van der Waals surface area (Å²) in [6, 6.07) is 3.60. The van der Waals surface area contributed by atoms with Crippen molar-refractivity contribution in [1.29, 1.82) is 0 Å². The summed E-state index contributed by atoms with van der Waals surface area (Å²) in [5, 5.41) is 6.50. The number of hydrogen-bond acceptors (Lipinski definition) is 7. The highest BCUT2D eigenvalue weighted by atomic mass is 28.4. The van der Waals surface area contributed by atoms with Gasteiger partial charge in [-0.2, -0.15) is 0 Å². The van der Waals surface area contributed by atoms with Gasteiger partial charge >= 0.3 is 6.09 Å². The Labute approximate surface area is 292 Å². The third kappa shape index (κ3) is 12.9. The maximum atomic E-state index is 14.9. The van der Waals surface area contributed by atoms with Crippen LogP contribution in [0.3, 0.4) is 0 Å². The van der Waals surface area contributed by atoms with Gasteiger partial charge in [0.25, 0.3) is 0 Å². The quantitative estimate of drug-likeness (QED) is 0.141. The van der Waals surface area contributed by atoms with Gasteiger partial charge in [0.2, 0.25) is 5.91 Å². The molecule has 1 aliphatic carbocycles. The Hall–Kier alpha value is -2.30. The first-order valence-electron chi connectivity index (χ1n) is 18.3. The first kappa shape index (κ1) is 41.9. The Balaban J connectivity index is 2.63. The molecule has 0 aromatic carbocycles. The lowest BCUT2D eigenvalue weighted by atomic mass is 9.78. The highest BCUT2D eigenvalue weighted by Crippen LogP contribution is 2.40. The number of Topliss-reactive ketones (excluding diaryl/α,β-unsaturated/α-hetero) is 1. The predicted molar refractivity (Wildman–Crippen MR) is 197 cm³/mol. The van der Waals surface area contributed by atoms with Crippen LogP contribution in [0, 0.1) is 23.7 Å². The van der Waals surface area contributed by atoms with E-state index in [4.69, 9.17) is 14.9 Å². The number of ketones is 1. The maximum Gasteiger partial charge on any atom is 0.407 e. The number of hydrogen-bond donors (Lipinski definition) is 3. The van der Waals surface area contributed by atoms with Gasteiger partial charge in [-0.05, 0) is 81.6 Å². The molecule has 4 N–H and O–H groups in total. The Kier molecular flexibility index (Phi) is 15.8. The van der Waals surface area contributed by atoms with Crippen LogP contribution in [0.2, 0.25) is 18.1 Å². The fourth-order valence-electron chi connectivity index (χ4n) is 6.38. The Morgan fingerprint density at radius 1 is 1.02 bits per heavy atom. The number of alkyl carbamates (subject to hydrolysis) is 1. The third-order valence-corrected chi connectivity index (χ3v) is 15.0. The molecule has 48 heavy (non-hydrogen) atoms. The van der Waals surface area contributed by atoms with Crippen LogP contribution in [0.25, 0.3) is 0 Å². The minimum Gasteiger partial charge on any atom is -0.444 e. The van der Waals surface area contributed by atoms with Crippen molar-refractivity contribution < 1.29 is 23.5 Å². The van der Waals surface area contributed by atoms with Crippen molar-refractivity contribution in [2.45, 2.75) is 169 Å². The standard InChI is InChI=1S/C38H68N4O5Si/c1-13-26(4)32(35(39)44)42-33(29-21-17-18-22-40-29)34(43)28(25(2)3)24-31(47-48(11,12)38(8,9)10)30(23-27-19-15-14-16-20-27)41-36(45)46-37(5,6)7/h17-18,21-22,25-28,30-33,42H,13-16,19-20,23-24H2,1-12H3,(H2,39,44)(H,41,45)/t26-,28-,30-,31-,32-,33?/m0/s1. The second-order valence-electron chi connectivity index (χ2n) is 17.0. The number of nitrogens with zero attached hydrogens (tertiary/aromatic N) is 1. The minimum absolute atomic E-state index is 0.0523. The van der Waals surface area contributed by atoms with E-state index in [0.29, 0.717) is 18.0 Å². The molecule has 1 saturated carbocycles. The van der Waals surface area contributed by atoms with E-state index in [2.05, 4.69) is 63.3 Å². The van der Waals surface area contributed by atoms with Gasteiger partial charge in [0, 0.05) is 12.1 Å². The summed E-state index contributed by atoms with van der Waals surface area (Å²) in [4.78, 5) is 45.5. The van der Waals surface area contributed by atoms with Gasteiger partial charge in [-0.3, -0.25) is 19.9 Å². The van der Waals surface area contributed by atoms with E-state index in [1.165, 1.54) is 19.3 Å². The second-order valence-corrected chi connectivity index (χ2v) is 21.8. The summed E-state index contributed by atoms with van der Waals surface area (Å²) in [6.45, 7) is 24.7. The molecule has 274 valence electrons. The van der Waals surface area contributed by atoms with Crippen molar-refractivity contribution >= 4 is 26.1 Å². The SMILES string of the molecule is CC[C@H](C)[C@H](NC(C(=O)[C@@H](C[C@H](O[Si](C)(C)C(C)(C)C)[C@H](CC1CCCCC1)NC(=O)OC(C)(C)C)C(C)C)c1ccccn1)C(N)=O. The van der Waals surface area contributed by atoms with Crippen LogP contribution in [0.4, 0.5) is 4.79 Å². The first-order chi connectivity index (χ1) is 22.2. The van der Waals surface area contributed by atoms with Crippen LogP contribution in [0.15, 0.2) is 24.4 Å². The highest BCUT2D eigenvalue weighted by molar-refractivity contribution is 6.74. The summed E-state index contributed by atoms with van der Waals surface area (Å²) >= 11 is 0. The number of carbonyl (C=O) groups excluding carboxylic acids is 3. The number of pyridine rings is 1. The van der Waals surface area contributed by atoms with Crippen LogP contribution in [0.1, 0.15) is 132 Å². The van der Waals surface area contributed by atoms with Crippen molar-refractivity contribution in [1.82, 2.24) is 15.6 Å². The zero-order valence-corrected chi connectivity index (χ0v) is 33.2. The molecule has 0 bridgehead atoms. The van der Waals surface area contributed by atoms with Crippen molar-refractivity contribution in [3.05, 3.63) is 30.1 Å². The van der Waals surface area contributed by atoms with Gasteiger partial charge in [0.05, 0.1) is 23.9 Å². The summed E-state index contributed by atoms with van der Waals surface area (Å²) in [7, 11) is -2.38. The van der Waals surface area contributed by atoms with E-state index in [9.17, 15) is 14.4 Å². The average Bonchev–Trinajstić information content (AvgIpc) is 2.97. The van der Waals surface area contributed by atoms with Crippen molar-refractivity contribution in [3.8, 4) is 0 Å². The Morgan fingerprint density at radius 3 is 2.12 bits per heavy atom. The van der Waals surface area contributed by atoms with Crippen LogP contribution in [0.5, 0.6) is 0 Å². The lowest BCUT2D eigenvalue weighted by molar-refractivity contribution is -0.129. The number of nitrogens with one attached hydrogen (secondary N) is 2. The number of primary amides is 1. The molecule has 1 unspecified atom stereocenters. The van der Waals surface area contributed by atoms with Crippen molar-refractivity contribution in [2.75, 3.05) is 0 Å². The number of rotatable bonds is 17. The third-order valence-electron chi connectivity index (χ3n) is 10.5. The molecule has 10 heteroatoms. The van der Waals surface area contributed by atoms with E-state index < -0.39 is 50.0 Å². The fraction of sp³-hybridized carbons (Fsp3) is 0.789. The zero-order valence-electron chi connectivity index (χ0n) is 32.2. The zero-order chi connectivity index (χ0) is 36.4. The molecule has 0 aliphatic heterocycles. The molecule has 1 aromatic heterocycles. The van der Waals surface area contributed by atoms with Crippen LogP contribution < -0.4 is 16.4 Å². The predicted octanol–water partition coefficient (Wildman–Crippen LogP) is 8.10. The maximum absolute atomic E-state index is 14.9. The number of carbonyl (C=O) groups is 3. The number of ether oxygens (including phenoxy) is 1. The molecule has 6 atom stereocenters. The van der Waals surface area contributed by atoms with Gasteiger partial charge < -0.3 is 20.2 Å². The molecular weight excluding hydrogens is 621 g/mol. The minimum atomic E-state index is -2.38. The molecule has 0 spiro atoms. The van der Waals surface area contributed by atoms with Crippen molar-refractivity contribution in [3.63, 3.8) is 0 Å². The first-order valence-corrected chi connectivity index (χ1v) is 21.2. The lowest BCUT2D eigenvalue weighted by Crippen LogP contribution is -2.54. The Morgan fingerprint density at radius 2 is 1.65 bits per heavy atom. The second kappa shape index (κ2) is 18.1. The van der Waals surface area contributed by atoms with Crippen LogP contribution in [-0.2, 0) is 18.8 Å². The average molecular weight is 689 g/mol. The highest BCUT2D eigenvalue weighted by Gasteiger charge is 2.44. The molecule has 2 amide bonds. The summed E-state index contributed by atoms with van der Waals surface area (Å²) in [6.07, 6.45) is 8.48. The smallest absolute Gasteiger partial charge is 0.407 e. The molecular formula is C38H68N4O5Si. The fourth-order valence-corrected chi connectivity index (χ4v) is 7.75. The van der Waals surface area contributed by atoms with E-state index in [0.717, 1.165) is 25.7 Å². The van der Waals surface area contributed by atoms with E-state index in [-0.39, 0.29) is 28.7 Å². The van der Waals surface area contributed by atoms with Gasteiger partial charge in [-0.15, -0.1) is 0 Å². The van der Waals surface area contributed by atoms with Gasteiger partial charge in [0.1, 0.15) is 11.6 Å². The molecule has 1 heterocycles. The number of amides is 2. The van der Waals surface area contributed by atoms with Gasteiger partial charge in [-0.25, -0.2) is 4.79 Å². The van der Waals surface area contributed by atoms with Gasteiger partial charge in [-0.1, -0.05) is 93.1 Å². The Bertz CT molecular complexity index is 1160. The molecule has 1 aliphatic rings. The summed E-state index contributed by atoms with van der Waals surface area (Å²) in [5.41, 5.74) is 5.78. The summed E-state index contributed by atoms with van der Waals surface area (Å²) in [5.74, 6) is -0.690. The molecule has 0 saturated heterocycles. The number of aromatic nitrogens is 1. The normalized spacial score (nSPS) is 18.8. The van der Waals surface area contributed by atoms with E-state index >= 15 is 0 Å². The molecule has 9 nitrogen and oxygen atoms in total. The largest absolute Gasteiger partial charge is 0.444 e. The van der Waals surface area contributed by atoms with E-state index in [1.807, 2.05) is 52.8 Å². The lowest BCUT2D eigenvalue weighted by Gasteiger charge is -2.44. The molecule has 1 aromatic rings. The van der Waals surface area contributed by atoms with Gasteiger partial charge in [0.15, 0.2) is 14.1 Å². The number of nitrogens with two attached hydrogens (primary N) is 1. The molecule has 1 fully saturated rings. The van der Waals surface area contributed by atoms with Crippen LogP contribution in [-0.4, -0.2) is 54.9 Å². The molecule has 2 rings (SSSR count).